The van der Waals surface area contributed by atoms with Crippen LogP contribution in [0.3, 0.4) is 0 Å². The topological polar surface area (TPSA) is 33.0 Å². The first kappa shape index (κ1) is 9.94. The van der Waals surface area contributed by atoms with E-state index in [0.717, 1.165) is 16.2 Å². The van der Waals surface area contributed by atoms with Crippen molar-refractivity contribution in [2.24, 2.45) is 0 Å². The summed E-state index contributed by atoms with van der Waals surface area (Å²) < 4.78 is 5.19. The molecule has 0 radical (unpaired) electrons. The zero-order chi connectivity index (χ0) is 9.68. The van der Waals surface area contributed by atoms with Gasteiger partial charge in [0.25, 0.3) is 0 Å². The van der Waals surface area contributed by atoms with Crippen molar-refractivity contribution in [2.45, 2.75) is 11.3 Å². The summed E-state index contributed by atoms with van der Waals surface area (Å²) in [7, 11) is 1.64. The number of hydrogen-bond donors (Lipinski definition) is 0. The molecule has 68 valence electrons. The highest BCUT2D eigenvalue weighted by atomic mass is 32.2. The van der Waals surface area contributed by atoms with E-state index in [-0.39, 0.29) is 0 Å². The number of nitrogens with zero attached hydrogens (tertiary/aromatic N) is 1. The number of ether oxygens (including phenoxy) is 1. The third kappa shape index (κ3) is 2.16. The van der Waals surface area contributed by atoms with Gasteiger partial charge in [0, 0.05) is 0 Å². The molecule has 0 aliphatic heterocycles. The number of methoxy groups -OCH3 is 1. The average Bonchev–Trinajstić information content (AvgIpc) is 2.18. The normalized spacial score (nSPS) is 9.31. The molecule has 0 fully saturated rings. The maximum atomic E-state index is 8.60. The van der Waals surface area contributed by atoms with Crippen molar-refractivity contribution < 1.29 is 4.74 Å². The predicted molar refractivity (Wildman–Crippen MR) is 54.1 cm³/mol. The summed E-state index contributed by atoms with van der Waals surface area (Å²) in [4.78, 5) is 1.06. The van der Waals surface area contributed by atoms with Gasteiger partial charge in [-0.05, 0) is 17.9 Å². The SMILES string of the molecule is COc1cccc(CC#N)c1SC. The van der Waals surface area contributed by atoms with Crippen LogP contribution in [0.25, 0.3) is 0 Å². The van der Waals surface area contributed by atoms with Crippen LogP contribution in [0.4, 0.5) is 0 Å². The minimum absolute atomic E-state index is 0.438. The molecule has 3 heteroatoms. The van der Waals surface area contributed by atoms with Crippen LogP contribution in [-0.2, 0) is 6.42 Å². The molecule has 0 saturated heterocycles. The van der Waals surface area contributed by atoms with Crippen LogP contribution in [-0.4, -0.2) is 13.4 Å². The standard InChI is InChI=1S/C10H11NOS/c1-12-9-5-3-4-8(6-7-11)10(9)13-2/h3-5H,6H2,1-2H3. The summed E-state index contributed by atoms with van der Waals surface area (Å²) in [6.45, 7) is 0. The Morgan fingerprint density at radius 3 is 2.85 bits per heavy atom. The molecule has 0 unspecified atom stereocenters. The molecule has 0 aliphatic carbocycles. The fourth-order valence-electron chi connectivity index (χ4n) is 1.18. The molecule has 0 bridgehead atoms. The Morgan fingerprint density at radius 1 is 1.54 bits per heavy atom. The van der Waals surface area contributed by atoms with E-state index in [1.165, 1.54) is 0 Å². The lowest BCUT2D eigenvalue weighted by Gasteiger charge is -2.08. The molecule has 1 aromatic rings. The average molecular weight is 193 g/mol. The van der Waals surface area contributed by atoms with E-state index in [2.05, 4.69) is 6.07 Å². The van der Waals surface area contributed by atoms with Gasteiger partial charge >= 0.3 is 0 Å². The Labute approximate surface area is 82.5 Å². The van der Waals surface area contributed by atoms with E-state index in [9.17, 15) is 0 Å². The van der Waals surface area contributed by atoms with Crippen molar-refractivity contribution in [3.05, 3.63) is 23.8 Å². The van der Waals surface area contributed by atoms with Crippen molar-refractivity contribution >= 4 is 11.8 Å². The van der Waals surface area contributed by atoms with Crippen LogP contribution in [0.2, 0.25) is 0 Å². The quantitative estimate of drug-likeness (QED) is 0.691. The molecule has 1 aromatic carbocycles. The zero-order valence-corrected chi connectivity index (χ0v) is 8.52. The Balaban J connectivity index is 3.12. The minimum Gasteiger partial charge on any atom is -0.496 e. The van der Waals surface area contributed by atoms with Gasteiger partial charge in [-0.25, -0.2) is 0 Å². The summed E-state index contributed by atoms with van der Waals surface area (Å²) in [5.41, 5.74) is 1.04. The van der Waals surface area contributed by atoms with E-state index in [1.54, 1.807) is 18.9 Å². The van der Waals surface area contributed by atoms with Gasteiger partial charge < -0.3 is 4.74 Å². The molecule has 0 heterocycles. The molecule has 0 aromatic heterocycles. The molecule has 0 N–H and O–H groups in total. The molecular formula is C10H11NOS. The Morgan fingerprint density at radius 2 is 2.31 bits per heavy atom. The molecule has 2 nitrogen and oxygen atoms in total. The second kappa shape index (κ2) is 4.78. The third-order valence-corrected chi connectivity index (χ3v) is 2.63. The summed E-state index contributed by atoms with van der Waals surface area (Å²) in [5, 5.41) is 8.60. The number of thioether (sulfide) groups is 1. The molecule has 13 heavy (non-hydrogen) atoms. The summed E-state index contributed by atoms with van der Waals surface area (Å²) in [5.74, 6) is 0.847. The zero-order valence-electron chi connectivity index (χ0n) is 7.70. The van der Waals surface area contributed by atoms with Gasteiger partial charge in [0.1, 0.15) is 5.75 Å². The monoisotopic (exact) mass is 193 g/mol. The molecule has 1 rings (SSSR count). The maximum absolute atomic E-state index is 8.60. The van der Waals surface area contributed by atoms with Crippen molar-refractivity contribution in [1.82, 2.24) is 0 Å². The van der Waals surface area contributed by atoms with Crippen molar-refractivity contribution in [2.75, 3.05) is 13.4 Å². The first-order valence-electron chi connectivity index (χ1n) is 3.90. The maximum Gasteiger partial charge on any atom is 0.132 e. The molecule has 0 aliphatic rings. The Bertz CT molecular complexity index is 330. The second-order valence-corrected chi connectivity index (χ2v) is 3.30. The van der Waals surface area contributed by atoms with Gasteiger partial charge in [-0.2, -0.15) is 5.26 Å². The van der Waals surface area contributed by atoms with Gasteiger partial charge in [-0.3, -0.25) is 0 Å². The lowest BCUT2D eigenvalue weighted by atomic mass is 10.1. The van der Waals surface area contributed by atoms with Crippen LogP contribution < -0.4 is 4.74 Å². The van der Waals surface area contributed by atoms with Crippen molar-refractivity contribution in [1.29, 1.82) is 5.26 Å². The molecule has 0 saturated carbocycles. The van der Waals surface area contributed by atoms with Crippen LogP contribution in [0.15, 0.2) is 23.1 Å². The van der Waals surface area contributed by atoms with Gasteiger partial charge in [-0.1, -0.05) is 12.1 Å². The van der Waals surface area contributed by atoms with Crippen LogP contribution in [0.5, 0.6) is 5.75 Å². The van der Waals surface area contributed by atoms with Gasteiger partial charge in [0.2, 0.25) is 0 Å². The van der Waals surface area contributed by atoms with Gasteiger partial charge in [-0.15, -0.1) is 11.8 Å². The minimum atomic E-state index is 0.438. The first-order chi connectivity index (χ1) is 6.33. The van der Waals surface area contributed by atoms with E-state index < -0.39 is 0 Å². The van der Waals surface area contributed by atoms with Crippen LogP contribution in [0.1, 0.15) is 5.56 Å². The predicted octanol–water partition coefficient (Wildman–Crippen LogP) is 2.48. The summed E-state index contributed by atoms with van der Waals surface area (Å²) in [6, 6.07) is 7.91. The largest absolute Gasteiger partial charge is 0.496 e. The molecule has 0 amide bonds. The number of hydrogen-bond acceptors (Lipinski definition) is 3. The third-order valence-electron chi connectivity index (χ3n) is 1.75. The highest BCUT2D eigenvalue weighted by Crippen LogP contribution is 2.30. The number of rotatable bonds is 3. The van der Waals surface area contributed by atoms with Crippen LogP contribution >= 0.6 is 11.8 Å². The summed E-state index contributed by atoms with van der Waals surface area (Å²) >= 11 is 1.61. The van der Waals surface area contributed by atoms with Crippen molar-refractivity contribution in [3.63, 3.8) is 0 Å². The van der Waals surface area contributed by atoms with Crippen LogP contribution in [0, 0.1) is 11.3 Å². The second-order valence-electron chi connectivity index (χ2n) is 2.49. The fraction of sp³-hybridized carbons (Fsp3) is 0.300. The van der Waals surface area contributed by atoms with Crippen molar-refractivity contribution in [3.8, 4) is 11.8 Å². The number of nitriles is 1. The molecule has 0 atom stereocenters. The van der Waals surface area contributed by atoms with E-state index in [1.807, 2.05) is 24.5 Å². The van der Waals surface area contributed by atoms with Gasteiger partial charge in [0.15, 0.2) is 0 Å². The van der Waals surface area contributed by atoms with E-state index in [0.29, 0.717) is 6.42 Å². The smallest absolute Gasteiger partial charge is 0.132 e. The lowest BCUT2D eigenvalue weighted by Crippen LogP contribution is -1.91. The first-order valence-corrected chi connectivity index (χ1v) is 5.12. The fourth-order valence-corrected chi connectivity index (χ4v) is 1.93. The Kier molecular flexibility index (Phi) is 3.66. The summed E-state index contributed by atoms with van der Waals surface area (Å²) in [6.07, 6.45) is 2.42. The van der Waals surface area contributed by atoms with E-state index in [4.69, 9.17) is 10.00 Å². The molecule has 0 spiro atoms. The molecular weight excluding hydrogens is 182 g/mol. The highest BCUT2D eigenvalue weighted by molar-refractivity contribution is 7.98. The van der Waals surface area contributed by atoms with E-state index >= 15 is 0 Å². The highest BCUT2D eigenvalue weighted by Gasteiger charge is 2.06. The number of benzene rings is 1. The Hall–Kier alpha value is -1.14. The van der Waals surface area contributed by atoms with Gasteiger partial charge in [0.05, 0.1) is 24.5 Å². The lowest BCUT2D eigenvalue weighted by molar-refractivity contribution is 0.404.